The average molecular weight is 250 g/mol. The third-order valence-electron chi connectivity index (χ3n) is 2.38. The van der Waals surface area contributed by atoms with Crippen LogP contribution in [-0.4, -0.2) is 17.7 Å². The van der Waals surface area contributed by atoms with Crippen molar-refractivity contribution in [3.05, 3.63) is 22.7 Å². The molecule has 2 rings (SSSR count). The molecule has 2 heterocycles. The van der Waals surface area contributed by atoms with Gasteiger partial charge in [0.1, 0.15) is 4.83 Å². The lowest BCUT2D eigenvalue weighted by atomic mass is 10.1. The number of aryl methyl sites for hydroxylation is 2. The number of hydrogen-bond acceptors (Lipinski definition) is 4. The number of nitrogens with zero attached hydrogens (tertiary/aromatic N) is 1. The van der Waals surface area contributed by atoms with Crippen LogP contribution >= 0.6 is 11.3 Å². The molecule has 0 fully saturated rings. The zero-order valence-corrected chi connectivity index (χ0v) is 10.9. The largest absolute Gasteiger partial charge is 0.450 e. The van der Waals surface area contributed by atoms with Crippen LogP contribution in [0.5, 0.6) is 0 Å². The van der Waals surface area contributed by atoms with Gasteiger partial charge in [-0.15, -0.1) is 11.3 Å². The summed E-state index contributed by atoms with van der Waals surface area (Å²) < 4.78 is 4.86. The lowest BCUT2D eigenvalue weighted by Gasteiger charge is -2.05. The predicted octanol–water partition coefficient (Wildman–Crippen LogP) is 3.48. The van der Waals surface area contributed by atoms with E-state index in [1.54, 1.807) is 6.92 Å². The molecule has 1 amide bonds. The van der Waals surface area contributed by atoms with Crippen LogP contribution in [0.15, 0.2) is 11.4 Å². The lowest BCUT2D eigenvalue weighted by Crippen LogP contribution is -2.13. The summed E-state index contributed by atoms with van der Waals surface area (Å²) >= 11 is 1.52. The highest BCUT2D eigenvalue weighted by Gasteiger charge is 2.11. The molecule has 0 aromatic carbocycles. The fraction of sp³-hybridized carbons (Fsp3) is 0.333. The molecule has 0 saturated heterocycles. The number of hydrogen-bond donors (Lipinski definition) is 1. The Labute approximate surface area is 104 Å². The smallest absolute Gasteiger partial charge is 0.411 e. The third-order valence-corrected chi connectivity index (χ3v) is 3.25. The highest BCUT2D eigenvalue weighted by molar-refractivity contribution is 7.17. The number of aromatic nitrogens is 1. The molecular formula is C12H14N2O2S. The molecule has 0 saturated carbocycles. The van der Waals surface area contributed by atoms with Crippen molar-refractivity contribution < 1.29 is 9.53 Å². The van der Waals surface area contributed by atoms with E-state index < -0.39 is 6.09 Å². The fourth-order valence-electron chi connectivity index (χ4n) is 1.76. The van der Waals surface area contributed by atoms with Crippen molar-refractivity contribution in [2.45, 2.75) is 20.8 Å². The Morgan fingerprint density at radius 2 is 2.29 bits per heavy atom. The number of thiophene rings is 1. The minimum absolute atomic E-state index is 0.365. The minimum atomic E-state index is -0.424. The number of pyridine rings is 1. The monoisotopic (exact) mass is 250 g/mol. The Kier molecular flexibility index (Phi) is 3.28. The molecule has 0 radical (unpaired) electrons. The van der Waals surface area contributed by atoms with Crippen molar-refractivity contribution in [3.8, 4) is 0 Å². The van der Waals surface area contributed by atoms with Crippen molar-refractivity contribution in [1.82, 2.24) is 4.98 Å². The van der Waals surface area contributed by atoms with Crippen LogP contribution in [0.2, 0.25) is 0 Å². The van der Waals surface area contributed by atoms with E-state index in [2.05, 4.69) is 10.3 Å². The standard InChI is InChI=1S/C12H14N2O2S/c1-4-16-12(15)14-9-6-17-11-10(9)7(2)5-8(3)13-11/h5-6H,4H2,1-3H3,(H,14,15). The van der Waals surface area contributed by atoms with Gasteiger partial charge in [0.25, 0.3) is 0 Å². The van der Waals surface area contributed by atoms with Gasteiger partial charge in [0.15, 0.2) is 0 Å². The Morgan fingerprint density at radius 1 is 1.53 bits per heavy atom. The van der Waals surface area contributed by atoms with E-state index in [4.69, 9.17) is 4.74 Å². The third kappa shape index (κ3) is 2.39. The number of rotatable bonds is 2. The van der Waals surface area contributed by atoms with E-state index in [0.717, 1.165) is 27.2 Å². The van der Waals surface area contributed by atoms with Gasteiger partial charge in [-0.05, 0) is 32.4 Å². The second-order valence-corrected chi connectivity index (χ2v) is 4.61. The van der Waals surface area contributed by atoms with E-state index in [9.17, 15) is 4.79 Å². The van der Waals surface area contributed by atoms with E-state index in [1.165, 1.54) is 11.3 Å². The topological polar surface area (TPSA) is 51.2 Å². The molecule has 0 aliphatic carbocycles. The summed E-state index contributed by atoms with van der Waals surface area (Å²) in [6, 6.07) is 2.01. The summed E-state index contributed by atoms with van der Waals surface area (Å²) in [4.78, 5) is 16.8. The maximum Gasteiger partial charge on any atom is 0.411 e. The molecule has 2 aromatic heterocycles. The number of anilines is 1. The second kappa shape index (κ2) is 4.71. The van der Waals surface area contributed by atoms with Gasteiger partial charge in [0, 0.05) is 16.5 Å². The van der Waals surface area contributed by atoms with E-state index in [-0.39, 0.29) is 0 Å². The first-order valence-corrected chi connectivity index (χ1v) is 6.29. The minimum Gasteiger partial charge on any atom is -0.450 e. The molecule has 2 aromatic rings. The summed E-state index contributed by atoms with van der Waals surface area (Å²) in [6.45, 7) is 6.12. The van der Waals surface area contributed by atoms with Crippen LogP contribution in [0.1, 0.15) is 18.2 Å². The first kappa shape index (κ1) is 11.9. The van der Waals surface area contributed by atoms with E-state index in [0.29, 0.717) is 6.61 Å². The predicted molar refractivity (Wildman–Crippen MR) is 69.7 cm³/mol. The summed E-state index contributed by atoms with van der Waals surface area (Å²) in [7, 11) is 0. The normalized spacial score (nSPS) is 10.5. The number of fused-ring (bicyclic) bond motifs is 1. The van der Waals surface area contributed by atoms with Crippen LogP contribution < -0.4 is 5.32 Å². The number of carbonyl (C=O) groups is 1. The molecule has 1 N–H and O–H groups in total. The van der Waals surface area contributed by atoms with Crippen molar-refractivity contribution in [2.75, 3.05) is 11.9 Å². The van der Waals surface area contributed by atoms with Crippen LogP contribution in [0.3, 0.4) is 0 Å². The van der Waals surface area contributed by atoms with Crippen molar-refractivity contribution in [3.63, 3.8) is 0 Å². The molecule has 0 aliphatic heterocycles. The van der Waals surface area contributed by atoms with E-state index >= 15 is 0 Å². The van der Waals surface area contributed by atoms with Gasteiger partial charge < -0.3 is 4.74 Å². The molecule has 0 spiro atoms. The Bertz CT molecular complexity index is 563. The van der Waals surface area contributed by atoms with Gasteiger partial charge in [0.05, 0.1) is 12.3 Å². The Hall–Kier alpha value is -1.62. The zero-order chi connectivity index (χ0) is 12.4. The first-order valence-electron chi connectivity index (χ1n) is 5.41. The summed E-state index contributed by atoms with van der Waals surface area (Å²) in [5.41, 5.74) is 2.87. The molecule has 0 unspecified atom stereocenters. The van der Waals surface area contributed by atoms with E-state index in [1.807, 2.05) is 25.3 Å². The van der Waals surface area contributed by atoms with Crippen molar-refractivity contribution in [2.24, 2.45) is 0 Å². The van der Waals surface area contributed by atoms with Gasteiger partial charge in [-0.25, -0.2) is 9.78 Å². The average Bonchev–Trinajstić information content (AvgIpc) is 2.61. The second-order valence-electron chi connectivity index (χ2n) is 3.76. The Balaban J connectivity index is 2.39. The summed E-state index contributed by atoms with van der Waals surface area (Å²) in [5, 5.41) is 5.62. The van der Waals surface area contributed by atoms with Crippen molar-refractivity contribution in [1.29, 1.82) is 0 Å². The number of amides is 1. The van der Waals surface area contributed by atoms with Crippen LogP contribution in [0.4, 0.5) is 10.5 Å². The first-order chi connectivity index (χ1) is 8.11. The highest BCUT2D eigenvalue weighted by Crippen LogP contribution is 2.31. The maximum absolute atomic E-state index is 11.4. The van der Waals surface area contributed by atoms with Gasteiger partial charge in [0.2, 0.25) is 0 Å². The maximum atomic E-state index is 11.4. The molecule has 0 atom stereocenters. The molecule has 90 valence electrons. The van der Waals surface area contributed by atoms with Gasteiger partial charge >= 0.3 is 6.09 Å². The molecule has 0 bridgehead atoms. The number of carbonyl (C=O) groups excluding carboxylic acids is 1. The van der Waals surface area contributed by atoms with Crippen LogP contribution in [0, 0.1) is 13.8 Å². The molecule has 4 nitrogen and oxygen atoms in total. The van der Waals surface area contributed by atoms with Gasteiger partial charge in [-0.2, -0.15) is 0 Å². The summed E-state index contributed by atoms with van der Waals surface area (Å²) in [5.74, 6) is 0. The fourth-order valence-corrected chi connectivity index (χ4v) is 2.75. The summed E-state index contributed by atoms with van der Waals surface area (Å²) in [6.07, 6.45) is -0.424. The van der Waals surface area contributed by atoms with Crippen LogP contribution in [-0.2, 0) is 4.74 Å². The Morgan fingerprint density at radius 3 is 3.00 bits per heavy atom. The van der Waals surface area contributed by atoms with Gasteiger partial charge in [-0.1, -0.05) is 0 Å². The number of ether oxygens (including phenoxy) is 1. The molecule has 0 aliphatic rings. The SMILES string of the molecule is CCOC(=O)Nc1csc2nc(C)cc(C)c12. The van der Waals surface area contributed by atoms with Crippen LogP contribution in [0.25, 0.3) is 10.2 Å². The highest BCUT2D eigenvalue weighted by atomic mass is 32.1. The quantitative estimate of drug-likeness (QED) is 0.887. The molecule has 5 heteroatoms. The lowest BCUT2D eigenvalue weighted by molar-refractivity contribution is 0.168. The molecule has 17 heavy (non-hydrogen) atoms. The van der Waals surface area contributed by atoms with Crippen molar-refractivity contribution >= 4 is 33.3 Å². The van der Waals surface area contributed by atoms with Gasteiger partial charge in [-0.3, -0.25) is 5.32 Å². The molecular weight excluding hydrogens is 236 g/mol. The zero-order valence-electron chi connectivity index (χ0n) is 10.0. The number of nitrogens with one attached hydrogen (secondary N) is 1.